The molecule has 0 atom stereocenters. The number of H-pyrrole nitrogens is 1. The third kappa shape index (κ3) is 2.27. The molecule has 1 N–H and O–H groups in total. The molecule has 0 saturated carbocycles. The van der Waals surface area contributed by atoms with Gasteiger partial charge in [-0.25, -0.2) is 0 Å². The SMILES string of the molecule is CN(C)Cc1c(-c2ccccc2)[nH]c2ccccc12. The van der Waals surface area contributed by atoms with Crippen LogP contribution in [0.5, 0.6) is 0 Å². The summed E-state index contributed by atoms with van der Waals surface area (Å²) in [6.45, 7) is 0.939. The van der Waals surface area contributed by atoms with Gasteiger partial charge in [-0.1, -0.05) is 48.5 Å². The van der Waals surface area contributed by atoms with E-state index < -0.39 is 0 Å². The molecule has 0 aliphatic rings. The lowest BCUT2D eigenvalue weighted by Crippen LogP contribution is -2.11. The van der Waals surface area contributed by atoms with Crippen molar-refractivity contribution in [3.63, 3.8) is 0 Å². The quantitative estimate of drug-likeness (QED) is 0.747. The van der Waals surface area contributed by atoms with Crippen LogP contribution in [0.4, 0.5) is 0 Å². The highest BCUT2D eigenvalue weighted by atomic mass is 15.1. The molecule has 0 unspecified atom stereocenters. The summed E-state index contributed by atoms with van der Waals surface area (Å²) in [5.41, 5.74) is 5.05. The fraction of sp³-hybridized carbons (Fsp3) is 0.176. The predicted octanol–water partition coefficient (Wildman–Crippen LogP) is 3.90. The monoisotopic (exact) mass is 250 g/mol. The fourth-order valence-corrected chi connectivity index (χ4v) is 2.53. The average molecular weight is 250 g/mol. The molecule has 3 aromatic rings. The lowest BCUT2D eigenvalue weighted by atomic mass is 10.1. The van der Waals surface area contributed by atoms with Gasteiger partial charge < -0.3 is 9.88 Å². The smallest absolute Gasteiger partial charge is 0.0510 e. The molecule has 1 heterocycles. The summed E-state index contributed by atoms with van der Waals surface area (Å²) in [5.74, 6) is 0. The highest BCUT2D eigenvalue weighted by molar-refractivity contribution is 5.90. The first-order valence-corrected chi connectivity index (χ1v) is 6.55. The van der Waals surface area contributed by atoms with Crippen LogP contribution < -0.4 is 0 Å². The molecule has 0 radical (unpaired) electrons. The van der Waals surface area contributed by atoms with Gasteiger partial charge in [0.1, 0.15) is 0 Å². The number of para-hydroxylation sites is 1. The summed E-state index contributed by atoms with van der Waals surface area (Å²) in [5, 5.41) is 1.31. The molecule has 0 saturated heterocycles. The van der Waals surface area contributed by atoms with Crippen LogP contribution in [0.15, 0.2) is 54.6 Å². The maximum absolute atomic E-state index is 3.56. The van der Waals surface area contributed by atoms with Gasteiger partial charge >= 0.3 is 0 Å². The van der Waals surface area contributed by atoms with Gasteiger partial charge in [-0.3, -0.25) is 0 Å². The summed E-state index contributed by atoms with van der Waals surface area (Å²) in [6.07, 6.45) is 0. The number of aromatic nitrogens is 1. The number of fused-ring (bicyclic) bond motifs is 1. The van der Waals surface area contributed by atoms with E-state index in [1.807, 2.05) is 0 Å². The minimum atomic E-state index is 0.939. The number of nitrogens with one attached hydrogen (secondary N) is 1. The Morgan fingerprint density at radius 2 is 1.58 bits per heavy atom. The summed E-state index contributed by atoms with van der Waals surface area (Å²) >= 11 is 0. The van der Waals surface area contributed by atoms with Gasteiger partial charge in [0.15, 0.2) is 0 Å². The van der Waals surface area contributed by atoms with Crippen molar-refractivity contribution in [1.29, 1.82) is 0 Å². The van der Waals surface area contributed by atoms with Crippen LogP contribution in [0.1, 0.15) is 5.56 Å². The number of aromatic amines is 1. The van der Waals surface area contributed by atoms with Gasteiger partial charge in [0.25, 0.3) is 0 Å². The van der Waals surface area contributed by atoms with E-state index in [4.69, 9.17) is 0 Å². The first kappa shape index (κ1) is 12.0. The van der Waals surface area contributed by atoms with Crippen molar-refractivity contribution in [1.82, 2.24) is 9.88 Å². The first-order chi connectivity index (χ1) is 9.25. The Bertz CT molecular complexity index is 681. The van der Waals surface area contributed by atoms with E-state index in [1.54, 1.807) is 0 Å². The van der Waals surface area contributed by atoms with Crippen LogP contribution >= 0.6 is 0 Å². The van der Waals surface area contributed by atoms with Crippen molar-refractivity contribution < 1.29 is 0 Å². The Labute approximate surface area is 113 Å². The number of hydrogen-bond donors (Lipinski definition) is 1. The predicted molar refractivity (Wildman–Crippen MR) is 81.1 cm³/mol. The third-order valence-corrected chi connectivity index (χ3v) is 3.35. The minimum absolute atomic E-state index is 0.939. The molecule has 96 valence electrons. The maximum Gasteiger partial charge on any atom is 0.0510 e. The molecule has 0 amide bonds. The Kier molecular flexibility index (Phi) is 3.10. The molecular weight excluding hydrogens is 232 g/mol. The molecular formula is C17H18N2. The lowest BCUT2D eigenvalue weighted by Gasteiger charge is -2.11. The van der Waals surface area contributed by atoms with Crippen molar-refractivity contribution in [2.45, 2.75) is 6.54 Å². The van der Waals surface area contributed by atoms with E-state index in [0.717, 1.165) is 6.54 Å². The molecule has 2 heteroatoms. The van der Waals surface area contributed by atoms with E-state index in [-0.39, 0.29) is 0 Å². The molecule has 0 aliphatic heterocycles. The third-order valence-electron chi connectivity index (χ3n) is 3.35. The zero-order valence-electron chi connectivity index (χ0n) is 11.4. The van der Waals surface area contributed by atoms with Gasteiger partial charge in [-0.15, -0.1) is 0 Å². The van der Waals surface area contributed by atoms with Gasteiger partial charge in [-0.2, -0.15) is 0 Å². The molecule has 0 aliphatic carbocycles. The summed E-state index contributed by atoms with van der Waals surface area (Å²) in [7, 11) is 4.22. The molecule has 3 rings (SSSR count). The normalized spacial score (nSPS) is 11.3. The molecule has 1 aromatic heterocycles. The molecule has 0 bridgehead atoms. The Morgan fingerprint density at radius 3 is 2.32 bits per heavy atom. The average Bonchev–Trinajstić information content (AvgIpc) is 2.78. The molecule has 2 nitrogen and oxygen atoms in total. The van der Waals surface area contributed by atoms with Crippen molar-refractivity contribution in [2.24, 2.45) is 0 Å². The van der Waals surface area contributed by atoms with E-state index in [9.17, 15) is 0 Å². The molecule has 2 aromatic carbocycles. The van der Waals surface area contributed by atoms with Crippen molar-refractivity contribution in [3.8, 4) is 11.3 Å². The first-order valence-electron chi connectivity index (χ1n) is 6.55. The van der Waals surface area contributed by atoms with E-state index >= 15 is 0 Å². The summed E-state index contributed by atoms with van der Waals surface area (Å²) < 4.78 is 0. The zero-order chi connectivity index (χ0) is 13.2. The Morgan fingerprint density at radius 1 is 0.895 bits per heavy atom. The van der Waals surface area contributed by atoms with Crippen LogP contribution in [0.3, 0.4) is 0 Å². The van der Waals surface area contributed by atoms with Gasteiger partial charge in [0.05, 0.1) is 5.69 Å². The van der Waals surface area contributed by atoms with Gasteiger partial charge in [0.2, 0.25) is 0 Å². The second-order valence-electron chi connectivity index (χ2n) is 5.13. The maximum atomic E-state index is 3.56. The zero-order valence-corrected chi connectivity index (χ0v) is 11.4. The number of benzene rings is 2. The fourth-order valence-electron chi connectivity index (χ4n) is 2.53. The van der Waals surface area contributed by atoms with Crippen LogP contribution in [0.2, 0.25) is 0 Å². The van der Waals surface area contributed by atoms with Gasteiger partial charge in [-0.05, 0) is 31.3 Å². The second-order valence-corrected chi connectivity index (χ2v) is 5.13. The largest absolute Gasteiger partial charge is 0.354 e. The number of hydrogen-bond acceptors (Lipinski definition) is 1. The highest BCUT2D eigenvalue weighted by Crippen LogP contribution is 2.30. The number of rotatable bonds is 3. The van der Waals surface area contributed by atoms with Crippen molar-refractivity contribution in [2.75, 3.05) is 14.1 Å². The van der Waals surface area contributed by atoms with Crippen LogP contribution in [0.25, 0.3) is 22.2 Å². The standard InChI is InChI=1S/C17H18N2/c1-19(2)12-15-14-10-6-7-11-16(14)18-17(15)13-8-4-3-5-9-13/h3-11,18H,12H2,1-2H3. The van der Waals surface area contributed by atoms with Crippen molar-refractivity contribution >= 4 is 10.9 Å². The summed E-state index contributed by atoms with van der Waals surface area (Å²) in [6, 6.07) is 19.0. The van der Waals surface area contributed by atoms with E-state index in [1.165, 1.54) is 27.7 Å². The molecule has 0 spiro atoms. The Hall–Kier alpha value is -2.06. The van der Waals surface area contributed by atoms with Crippen LogP contribution in [-0.4, -0.2) is 24.0 Å². The lowest BCUT2D eigenvalue weighted by molar-refractivity contribution is 0.404. The highest BCUT2D eigenvalue weighted by Gasteiger charge is 2.12. The van der Waals surface area contributed by atoms with Crippen molar-refractivity contribution in [3.05, 3.63) is 60.2 Å². The number of nitrogens with zero attached hydrogens (tertiary/aromatic N) is 1. The summed E-state index contributed by atoms with van der Waals surface area (Å²) in [4.78, 5) is 5.77. The molecule has 0 fully saturated rings. The van der Waals surface area contributed by atoms with Gasteiger partial charge in [0, 0.05) is 17.4 Å². The topological polar surface area (TPSA) is 19.0 Å². The molecule has 19 heavy (non-hydrogen) atoms. The van der Waals surface area contributed by atoms with E-state index in [2.05, 4.69) is 78.6 Å². The Balaban J connectivity index is 2.23. The second kappa shape index (κ2) is 4.90. The van der Waals surface area contributed by atoms with Crippen LogP contribution in [-0.2, 0) is 6.54 Å². The minimum Gasteiger partial charge on any atom is -0.354 e. The van der Waals surface area contributed by atoms with Crippen LogP contribution in [0, 0.1) is 0 Å². The van der Waals surface area contributed by atoms with E-state index in [0.29, 0.717) is 0 Å².